The molecule has 0 aliphatic rings. The lowest BCUT2D eigenvalue weighted by atomic mass is 10.0. The molecule has 3 aromatic carbocycles. The predicted octanol–water partition coefficient (Wildman–Crippen LogP) is 4.06. The number of amides is 1. The van der Waals surface area contributed by atoms with E-state index < -0.39 is 12.0 Å². The highest BCUT2D eigenvalue weighted by Crippen LogP contribution is 2.16. The smallest absolute Gasteiger partial charge is 0.326 e. The second-order valence-corrected chi connectivity index (χ2v) is 6.37. The third kappa shape index (κ3) is 5.28. The molecule has 0 bridgehead atoms. The predicted molar refractivity (Wildman–Crippen MR) is 107 cm³/mol. The van der Waals surface area contributed by atoms with Gasteiger partial charge in [-0.1, -0.05) is 84.9 Å². The lowest BCUT2D eigenvalue weighted by Gasteiger charge is -2.13. The van der Waals surface area contributed by atoms with E-state index in [9.17, 15) is 14.7 Å². The second kappa shape index (κ2) is 8.81. The number of carbonyl (C=O) groups excluding carboxylic acids is 1. The Morgan fingerprint density at radius 1 is 0.926 bits per heavy atom. The van der Waals surface area contributed by atoms with Crippen molar-refractivity contribution in [1.82, 2.24) is 5.32 Å². The molecule has 0 radical (unpaired) electrons. The van der Waals surface area contributed by atoms with Gasteiger partial charge in [0.05, 0.1) is 6.42 Å². The Hall–Kier alpha value is -3.40. The monoisotopic (exact) mass is 359 g/mol. The van der Waals surface area contributed by atoms with E-state index in [1.54, 1.807) is 6.08 Å². The first-order valence-corrected chi connectivity index (χ1v) is 8.83. The number of rotatable bonds is 7. The van der Waals surface area contributed by atoms with Crippen LogP contribution in [0.15, 0.2) is 78.9 Å². The molecule has 4 nitrogen and oxygen atoms in total. The fourth-order valence-corrected chi connectivity index (χ4v) is 2.91. The topological polar surface area (TPSA) is 66.4 Å². The minimum absolute atomic E-state index is 0.150. The highest BCUT2D eigenvalue weighted by molar-refractivity contribution is 5.87. The molecule has 0 spiro atoms. The van der Waals surface area contributed by atoms with Crippen LogP contribution in [-0.4, -0.2) is 23.0 Å². The summed E-state index contributed by atoms with van der Waals surface area (Å²) in [4.78, 5) is 23.8. The number of carbonyl (C=O) groups is 2. The first kappa shape index (κ1) is 18.4. The van der Waals surface area contributed by atoms with E-state index in [2.05, 4.69) is 5.32 Å². The van der Waals surface area contributed by atoms with Crippen LogP contribution in [0.4, 0.5) is 0 Å². The van der Waals surface area contributed by atoms with E-state index in [0.717, 1.165) is 21.9 Å². The molecule has 136 valence electrons. The minimum atomic E-state index is -1.04. The highest BCUT2D eigenvalue weighted by atomic mass is 16.4. The molecule has 4 heteroatoms. The van der Waals surface area contributed by atoms with E-state index in [-0.39, 0.29) is 18.7 Å². The first-order chi connectivity index (χ1) is 13.1. The Labute approximate surface area is 158 Å². The summed E-state index contributed by atoms with van der Waals surface area (Å²) in [5, 5.41) is 14.2. The minimum Gasteiger partial charge on any atom is -0.480 e. The number of hydrogen-bond acceptors (Lipinski definition) is 2. The molecule has 3 rings (SSSR count). The van der Waals surface area contributed by atoms with Crippen LogP contribution in [0.25, 0.3) is 16.8 Å². The summed E-state index contributed by atoms with van der Waals surface area (Å²) in [6.45, 7) is 0. The van der Waals surface area contributed by atoms with Gasteiger partial charge in [0, 0.05) is 0 Å². The standard InChI is InChI=1S/C23H21NO3/c25-22(16-18-13-14-19-10-4-5-11-20(19)15-18)24-21(23(26)27)12-6-9-17-7-2-1-3-8-17/h1-11,13-15,21H,12,16H2,(H,24,25)(H,26,27)/b9-6+/t21-/m0/s1. The van der Waals surface area contributed by atoms with E-state index in [1.807, 2.05) is 78.9 Å². The van der Waals surface area contributed by atoms with Gasteiger partial charge in [0.1, 0.15) is 6.04 Å². The van der Waals surface area contributed by atoms with Crippen molar-refractivity contribution in [3.05, 3.63) is 90.0 Å². The Morgan fingerprint density at radius 2 is 1.63 bits per heavy atom. The van der Waals surface area contributed by atoms with Crippen LogP contribution in [-0.2, 0) is 16.0 Å². The van der Waals surface area contributed by atoms with Gasteiger partial charge in [-0.05, 0) is 28.3 Å². The van der Waals surface area contributed by atoms with Crippen LogP contribution in [0.1, 0.15) is 17.5 Å². The first-order valence-electron chi connectivity index (χ1n) is 8.83. The second-order valence-electron chi connectivity index (χ2n) is 6.37. The van der Waals surface area contributed by atoms with Gasteiger partial charge in [-0.3, -0.25) is 4.79 Å². The van der Waals surface area contributed by atoms with Crippen LogP contribution < -0.4 is 5.32 Å². The number of carboxylic acids is 1. The van der Waals surface area contributed by atoms with Crippen molar-refractivity contribution < 1.29 is 14.7 Å². The molecule has 27 heavy (non-hydrogen) atoms. The molecule has 0 aliphatic heterocycles. The van der Waals surface area contributed by atoms with Gasteiger partial charge in [-0.2, -0.15) is 0 Å². The Kier molecular flexibility index (Phi) is 6.00. The SMILES string of the molecule is O=C(Cc1ccc2ccccc2c1)N[C@@H](C/C=C/c1ccccc1)C(=O)O. The number of carboxylic acid groups (broad SMARTS) is 1. The maximum atomic E-state index is 12.3. The molecule has 0 saturated carbocycles. The van der Waals surface area contributed by atoms with Gasteiger partial charge < -0.3 is 10.4 Å². The lowest BCUT2D eigenvalue weighted by molar-refractivity contribution is -0.141. The fraction of sp³-hybridized carbons (Fsp3) is 0.130. The molecule has 0 saturated heterocycles. The molecule has 3 aromatic rings. The van der Waals surface area contributed by atoms with Crippen molar-refractivity contribution in [2.24, 2.45) is 0 Å². The zero-order valence-electron chi connectivity index (χ0n) is 14.8. The third-order valence-corrected chi connectivity index (χ3v) is 4.29. The van der Waals surface area contributed by atoms with Crippen LogP contribution in [0, 0.1) is 0 Å². The quantitative estimate of drug-likeness (QED) is 0.669. The third-order valence-electron chi connectivity index (χ3n) is 4.29. The molecule has 0 heterocycles. The summed E-state index contributed by atoms with van der Waals surface area (Å²) >= 11 is 0. The number of hydrogen-bond donors (Lipinski definition) is 2. The Balaban J connectivity index is 1.60. The Morgan fingerprint density at radius 3 is 2.37 bits per heavy atom. The van der Waals surface area contributed by atoms with E-state index in [4.69, 9.17) is 0 Å². The van der Waals surface area contributed by atoms with Crippen molar-refractivity contribution in [3.8, 4) is 0 Å². The zero-order valence-corrected chi connectivity index (χ0v) is 14.8. The molecular formula is C23H21NO3. The summed E-state index contributed by atoms with van der Waals surface area (Å²) < 4.78 is 0. The van der Waals surface area contributed by atoms with Crippen LogP contribution in [0.5, 0.6) is 0 Å². The molecule has 1 atom stereocenters. The molecule has 1 amide bonds. The number of aliphatic carboxylic acids is 1. The van der Waals surface area contributed by atoms with E-state index >= 15 is 0 Å². The molecule has 0 aliphatic carbocycles. The molecule has 0 aromatic heterocycles. The molecule has 0 fully saturated rings. The van der Waals surface area contributed by atoms with Crippen LogP contribution >= 0.6 is 0 Å². The van der Waals surface area contributed by atoms with E-state index in [1.165, 1.54) is 0 Å². The van der Waals surface area contributed by atoms with Gasteiger partial charge in [0.2, 0.25) is 5.91 Å². The normalized spacial score (nSPS) is 12.1. The molecular weight excluding hydrogens is 338 g/mol. The van der Waals surface area contributed by atoms with Gasteiger partial charge in [0.25, 0.3) is 0 Å². The lowest BCUT2D eigenvalue weighted by Crippen LogP contribution is -2.41. The maximum absolute atomic E-state index is 12.3. The summed E-state index contributed by atoms with van der Waals surface area (Å²) in [6.07, 6.45) is 4.00. The number of benzene rings is 3. The Bertz CT molecular complexity index is 964. The number of nitrogens with one attached hydrogen (secondary N) is 1. The zero-order chi connectivity index (χ0) is 19.1. The van der Waals surface area contributed by atoms with Crippen molar-refractivity contribution in [3.63, 3.8) is 0 Å². The summed E-state index contributed by atoms with van der Waals surface area (Å²) in [6, 6.07) is 22.4. The van der Waals surface area contributed by atoms with Crippen molar-refractivity contribution in [2.75, 3.05) is 0 Å². The van der Waals surface area contributed by atoms with Gasteiger partial charge in [-0.15, -0.1) is 0 Å². The van der Waals surface area contributed by atoms with Gasteiger partial charge in [0.15, 0.2) is 0 Å². The molecule has 0 unspecified atom stereocenters. The maximum Gasteiger partial charge on any atom is 0.326 e. The largest absolute Gasteiger partial charge is 0.480 e. The van der Waals surface area contributed by atoms with Crippen molar-refractivity contribution in [1.29, 1.82) is 0 Å². The van der Waals surface area contributed by atoms with E-state index in [0.29, 0.717) is 0 Å². The van der Waals surface area contributed by atoms with Gasteiger partial charge >= 0.3 is 5.97 Å². The summed E-state index contributed by atoms with van der Waals surface area (Å²) in [5.74, 6) is -1.34. The fourth-order valence-electron chi connectivity index (χ4n) is 2.91. The van der Waals surface area contributed by atoms with Gasteiger partial charge in [-0.25, -0.2) is 4.79 Å². The number of fused-ring (bicyclic) bond motifs is 1. The van der Waals surface area contributed by atoms with Crippen molar-refractivity contribution in [2.45, 2.75) is 18.9 Å². The summed E-state index contributed by atoms with van der Waals surface area (Å²) in [5.41, 5.74) is 1.85. The van der Waals surface area contributed by atoms with Crippen LogP contribution in [0.2, 0.25) is 0 Å². The van der Waals surface area contributed by atoms with Crippen LogP contribution in [0.3, 0.4) is 0 Å². The van der Waals surface area contributed by atoms with Crippen molar-refractivity contribution >= 4 is 28.7 Å². The molecule has 2 N–H and O–H groups in total. The average Bonchev–Trinajstić information content (AvgIpc) is 2.68. The summed E-state index contributed by atoms with van der Waals surface area (Å²) in [7, 11) is 0. The average molecular weight is 359 g/mol. The highest BCUT2D eigenvalue weighted by Gasteiger charge is 2.18.